The van der Waals surface area contributed by atoms with Crippen molar-refractivity contribution in [3.05, 3.63) is 0 Å². The van der Waals surface area contributed by atoms with E-state index in [0.717, 1.165) is 4.31 Å². The number of rotatable bonds is 8. The maximum Gasteiger partial charge on any atom is 0.230 e. The predicted molar refractivity (Wildman–Crippen MR) is 65.3 cm³/mol. The normalized spacial score (nSPS) is 12.4. The minimum atomic E-state index is -3.75. The smallest absolute Gasteiger partial charge is 0.211 e. The Morgan fingerprint density at radius 3 is 1.94 bits per heavy atom. The molecule has 0 N–H and O–H groups in total. The average Bonchev–Trinajstić information content (AvgIpc) is 2.35. The summed E-state index contributed by atoms with van der Waals surface area (Å²) in [5.74, 6) is 0. The molecule has 0 saturated heterocycles. The lowest BCUT2D eigenvalue weighted by Gasteiger charge is -2.22. The fourth-order valence-corrected chi connectivity index (χ4v) is 3.16. The first-order valence-electron chi connectivity index (χ1n) is 5.67. The summed E-state index contributed by atoms with van der Waals surface area (Å²) >= 11 is 0. The Morgan fingerprint density at radius 1 is 1.11 bits per heavy atom. The number of nitriles is 3. The van der Waals surface area contributed by atoms with E-state index in [-0.39, 0.29) is 32.4 Å². The topological polar surface area (TPSA) is 109 Å². The molecule has 0 amide bonds. The molecule has 98 valence electrons. The molecule has 0 spiro atoms. The molecule has 0 heterocycles. The van der Waals surface area contributed by atoms with Crippen LogP contribution in [0.3, 0.4) is 0 Å². The van der Waals surface area contributed by atoms with Crippen molar-refractivity contribution in [2.45, 2.75) is 37.9 Å². The summed E-state index contributed by atoms with van der Waals surface area (Å²) in [6.45, 7) is 1.86. The monoisotopic (exact) mass is 268 g/mol. The highest BCUT2D eigenvalue weighted by Gasteiger charge is 2.30. The van der Waals surface area contributed by atoms with Crippen molar-refractivity contribution in [3.8, 4) is 18.2 Å². The van der Waals surface area contributed by atoms with Crippen LogP contribution in [0.1, 0.15) is 32.6 Å². The van der Waals surface area contributed by atoms with Gasteiger partial charge in [0.05, 0.1) is 18.2 Å². The largest absolute Gasteiger partial charge is 0.230 e. The van der Waals surface area contributed by atoms with Gasteiger partial charge in [0.1, 0.15) is 0 Å². The molecule has 0 aromatic heterocycles. The second kappa shape index (κ2) is 8.47. The van der Waals surface area contributed by atoms with Crippen molar-refractivity contribution in [3.63, 3.8) is 0 Å². The molecule has 0 saturated carbocycles. The van der Waals surface area contributed by atoms with Crippen molar-refractivity contribution < 1.29 is 8.42 Å². The Bertz CT molecular complexity index is 449. The van der Waals surface area contributed by atoms with E-state index in [1.54, 1.807) is 13.0 Å². The molecular weight excluding hydrogens is 252 g/mol. The second-order valence-electron chi connectivity index (χ2n) is 3.67. The molecule has 0 fully saturated rings. The van der Waals surface area contributed by atoms with Crippen LogP contribution in [-0.2, 0) is 10.0 Å². The van der Waals surface area contributed by atoms with Crippen molar-refractivity contribution in [2.75, 3.05) is 13.1 Å². The molecule has 0 rings (SSSR count). The van der Waals surface area contributed by atoms with E-state index in [9.17, 15) is 8.42 Å². The molecule has 0 aromatic carbocycles. The second-order valence-corrected chi connectivity index (χ2v) is 5.78. The zero-order valence-corrected chi connectivity index (χ0v) is 11.2. The molecule has 0 radical (unpaired) electrons. The van der Waals surface area contributed by atoms with Crippen LogP contribution in [0.4, 0.5) is 0 Å². The minimum Gasteiger partial charge on any atom is -0.211 e. The van der Waals surface area contributed by atoms with Gasteiger partial charge in [-0.25, -0.2) is 8.42 Å². The molecule has 0 aliphatic rings. The van der Waals surface area contributed by atoms with Gasteiger partial charge in [-0.3, -0.25) is 0 Å². The van der Waals surface area contributed by atoms with Gasteiger partial charge in [-0.05, 0) is 6.42 Å². The van der Waals surface area contributed by atoms with Gasteiger partial charge in [0.2, 0.25) is 10.0 Å². The average molecular weight is 268 g/mol. The van der Waals surface area contributed by atoms with Gasteiger partial charge in [0, 0.05) is 25.9 Å². The van der Waals surface area contributed by atoms with Crippen LogP contribution in [0, 0.1) is 34.0 Å². The lowest BCUT2D eigenvalue weighted by Crippen LogP contribution is -2.39. The summed E-state index contributed by atoms with van der Waals surface area (Å²) in [5.41, 5.74) is 0. The van der Waals surface area contributed by atoms with Crippen molar-refractivity contribution in [1.82, 2.24) is 4.31 Å². The molecule has 6 nitrogen and oxygen atoms in total. The van der Waals surface area contributed by atoms with Gasteiger partial charge >= 0.3 is 0 Å². The van der Waals surface area contributed by atoms with Crippen LogP contribution in [0.5, 0.6) is 0 Å². The van der Waals surface area contributed by atoms with Crippen LogP contribution >= 0.6 is 0 Å². The van der Waals surface area contributed by atoms with Crippen LogP contribution < -0.4 is 0 Å². The first-order chi connectivity index (χ1) is 8.54. The van der Waals surface area contributed by atoms with Crippen LogP contribution in [-0.4, -0.2) is 31.1 Å². The summed E-state index contributed by atoms with van der Waals surface area (Å²) in [5, 5.41) is 24.8. The predicted octanol–water partition coefficient (Wildman–Crippen LogP) is 1.14. The Morgan fingerprint density at radius 2 is 1.61 bits per heavy atom. The molecule has 1 atom stereocenters. The SMILES string of the molecule is CCCC(C#N)S(=O)(=O)N(CCC#N)CCC#N. The summed E-state index contributed by atoms with van der Waals surface area (Å²) in [4.78, 5) is 0. The zero-order valence-electron chi connectivity index (χ0n) is 10.3. The third-order valence-corrected chi connectivity index (χ3v) is 4.51. The Balaban J connectivity index is 5.01. The van der Waals surface area contributed by atoms with E-state index in [4.69, 9.17) is 15.8 Å². The highest BCUT2D eigenvalue weighted by molar-refractivity contribution is 7.90. The molecule has 0 bridgehead atoms. The highest BCUT2D eigenvalue weighted by Crippen LogP contribution is 2.14. The van der Waals surface area contributed by atoms with E-state index >= 15 is 0 Å². The van der Waals surface area contributed by atoms with Crippen molar-refractivity contribution in [2.24, 2.45) is 0 Å². The van der Waals surface area contributed by atoms with Gasteiger partial charge in [0.15, 0.2) is 5.25 Å². The summed E-state index contributed by atoms with van der Waals surface area (Å²) in [6.07, 6.45) is 0.945. The number of nitrogens with zero attached hydrogens (tertiary/aromatic N) is 4. The molecule has 0 aliphatic carbocycles. The van der Waals surface area contributed by atoms with E-state index in [1.165, 1.54) is 0 Å². The number of hydrogen-bond donors (Lipinski definition) is 0. The Kier molecular flexibility index (Phi) is 7.71. The molecule has 7 heteroatoms. The fourth-order valence-electron chi connectivity index (χ4n) is 1.44. The molecule has 1 unspecified atom stereocenters. The third kappa shape index (κ3) is 4.71. The van der Waals surface area contributed by atoms with E-state index in [1.807, 2.05) is 12.1 Å². The van der Waals surface area contributed by atoms with Gasteiger partial charge in [-0.1, -0.05) is 13.3 Å². The summed E-state index contributed by atoms with van der Waals surface area (Å²) in [6, 6.07) is 5.51. The van der Waals surface area contributed by atoms with Crippen LogP contribution in [0.25, 0.3) is 0 Å². The Hall–Kier alpha value is -1.62. The zero-order chi connectivity index (χ0) is 14.0. The highest BCUT2D eigenvalue weighted by atomic mass is 32.2. The van der Waals surface area contributed by atoms with Crippen LogP contribution in [0.2, 0.25) is 0 Å². The minimum absolute atomic E-state index is 0.0302. The van der Waals surface area contributed by atoms with Crippen LogP contribution in [0.15, 0.2) is 0 Å². The summed E-state index contributed by atoms with van der Waals surface area (Å²) < 4.78 is 25.4. The van der Waals surface area contributed by atoms with Crippen molar-refractivity contribution in [1.29, 1.82) is 15.8 Å². The molecule has 0 aromatic rings. The van der Waals surface area contributed by atoms with Gasteiger partial charge in [-0.15, -0.1) is 0 Å². The lowest BCUT2D eigenvalue weighted by molar-refractivity contribution is 0.419. The van der Waals surface area contributed by atoms with E-state index in [0.29, 0.717) is 6.42 Å². The van der Waals surface area contributed by atoms with Crippen molar-refractivity contribution >= 4 is 10.0 Å². The molecular formula is C11H16N4O2S. The number of hydrogen-bond acceptors (Lipinski definition) is 5. The molecule has 0 aliphatic heterocycles. The lowest BCUT2D eigenvalue weighted by atomic mass is 10.3. The standard InChI is InChI=1S/C11H16N4O2S/c1-2-5-11(10-14)18(16,17)15(8-3-6-12)9-4-7-13/h11H,2-5,8-9H2,1H3. The molecule has 18 heavy (non-hydrogen) atoms. The quantitative estimate of drug-likeness (QED) is 0.655. The van der Waals surface area contributed by atoms with E-state index in [2.05, 4.69) is 0 Å². The fraction of sp³-hybridized carbons (Fsp3) is 0.727. The maximum absolute atomic E-state index is 12.1. The third-order valence-electron chi connectivity index (χ3n) is 2.36. The number of sulfonamides is 1. The Labute approximate surface area is 108 Å². The van der Waals surface area contributed by atoms with Gasteiger partial charge < -0.3 is 0 Å². The maximum atomic E-state index is 12.1. The van der Waals surface area contributed by atoms with E-state index < -0.39 is 15.3 Å². The first kappa shape index (κ1) is 16.4. The summed E-state index contributed by atoms with van der Waals surface area (Å²) in [7, 11) is -3.75. The first-order valence-corrected chi connectivity index (χ1v) is 7.17. The van der Waals surface area contributed by atoms with Gasteiger partial charge in [-0.2, -0.15) is 20.1 Å². The van der Waals surface area contributed by atoms with Gasteiger partial charge in [0.25, 0.3) is 0 Å².